The molecule has 0 aromatic heterocycles. The minimum absolute atomic E-state index is 0.617. The summed E-state index contributed by atoms with van der Waals surface area (Å²) in [7, 11) is 0. The minimum atomic E-state index is 0.617. The van der Waals surface area contributed by atoms with E-state index in [9.17, 15) is 0 Å². The quantitative estimate of drug-likeness (QED) is 0.718. The lowest BCUT2D eigenvalue weighted by atomic mass is 10.0. The van der Waals surface area contributed by atoms with E-state index in [1.54, 1.807) is 0 Å². The standard InChI is InChI=1S/C13H16Br3NO/c14-9-7-11(15)13(12(16)8-9)18-6-4-10-3-1-2-5-17-10/h7-8,10,17H,1-6H2. The summed E-state index contributed by atoms with van der Waals surface area (Å²) in [6.07, 6.45) is 4.98. The maximum absolute atomic E-state index is 5.87. The van der Waals surface area contributed by atoms with E-state index < -0.39 is 0 Å². The molecule has 100 valence electrons. The molecule has 0 bridgehead atoms. The molecular weight excluding hydrogens is 426 g/mol. The van der Waals surface area contributed by atoms with Gasteiger partial charge in [0.15, 0.2) is 0 Å². The van der Waals surface area contributed by atoms with Crippen molar-refractivity contribution in [3.63, 3.8) is 0 Å². The smallest absolute Gasteiger partial charge is 0.147 e. The molecule has 1 aliphatic rings. The molecular formula is C13H16Br3NO. The van der Waals surface area contributed by atoms with E-state index in [-0.39, 0.29) is 0 Å². The van der Waals surface area contributed by atoms with Gasteiger partial charge in [-0.05, 0) is 69.8 Å². The minimum Gasteiger partial charge on any atom is -0.491 e. The van der Waals surface area contributed by atoms with Gasteiger partial charge in [-0.15, -0.1) is 0 Å². The van der Waals surface area contributed by atoms with E-state index in [0.29, 0.717) is 6.04 Å². The van der Waals surface area contributed by atoms with Gasteiger partial charge in [0, 0.05) is 10.5 Å². The van der Waals surface area contributed by atoms with E-state index in [4.69, 9.17) is 4.74 Å². The van der Waals surface area contributed by atoms with Gasteiger partial charge in [-0.1, -0.05) is 22.4 Å². The highest BCUT2D eigenvalue weighted by atomic mass is 79.9. The van der Waals surface area contributed by atoms with Gasteiger partial charge in [-0.2, -0.15) is 0 Å². The van der Waals surface area contributed by atoms with Crippen LogP contribution in [0.2, 0.25) is 0 Å². The van der Waals surface area contributed by atoms with Gasteiger partial charge in [0.25, 0.3) is 0 Å². The van der Waals surface area contributed by atoms with Crippen LogP contribution >= 0.6 is 47.8 Å². The zero-order valence-electron chi connectivity index (χ0n) is 10.0. The highest BCUT2D eigenvalue weighted by Gasteiger charge is 2.13. The zero-order valence-corrected chi connectivity index (χ0v) is 14.8. The van der Waals surface area contributed by atoms with E-state index in [1.807, 2.05) is 12.1 Å². The van der Waals surface area contributed by atoms with Gasteiger partial charge in [0.2, 0.25) is 0 Å². The first-order valence-corrected chi connectivity index (χ1v) is 8.55. The summed E-state index contributed by atoms with van der Waals surface area (Å²) in [5.74, 6) is 0.883. The van der Waals surface area contributed by atoms with Gasteiger partial charge < -0.3 is 10.1 Å². The number of halogens is 3. The summed E-state index contributed by atoms with van der Waals surface area (Å²) in [5.41, 5.74) is 0. The Morgan fingerprint density at radius 2 is 1.89 bits per heavy atom. The molecule has 1 aromatic carbocycles. The Balaban J connectivity index is 1.86. The molecule has 0 amide bonds. The molecule has 0 spiro atoms. The SMILES string of the molecule is Brc1cc(Br)c(OCCC2CCCCN2)c(Br)c1. The average molecular weight is 442 g/mol. The van der Waals surface area contributed by atoms with E-state index in [1.165, 1.54) is 19.3 Å². The summed E-state index contributed by atoms with van der Waals surface area (Å²) < 4.78 is 8.85. The molecule has 0 saturated carbocycles. The van der Waals surface area contributed by atoms with Gasteiger partial charge >= 0.3 is 0 Å². The third kappa shape index (κ3) is 4.22. The van der Waals surface area contributed by atoms with Crippen LogP contribution in [0, 0.1) is 0 Å². The van der Waals surface area contributed by atoms with Crippen LogP contribution in [0.1, 0.15) is 25.7 Å². The van der Waals surface area contributed by atoms with Crippen LogP contribution in [0.3, 0.4) is 0 Å². The number of benzene rings is 1. The molecule has 1 aromatic rings. The first kappa shape index (κ1) is 14.8. The summed E-state index contributed by atoms with van der Waals surface area (Å²) in [5, 5.41) is 3.53. The lowest BCUT2D eigenvalue weighted by Gasteiger charge is -2.23. The summed E-state index contributed by atoms with van der Waals surface area (Å²) in [6, 6.07) is 4.62. The number of rotatable bonds is 4. The van der Waals surface area contributed by atoms with Crippen LogP contribution in [0.15, 0.2) is 25.6 Å². The fraction of sp³-hybridized carbons (Fsp3) is 0.538. The second-order valence-corrected chi connectivity index (χ2v) is 7.11. The second-order valence-electron chi connectivity index (χ2n) is 4.48. The third-order valence-electron chi connectivity index (χ3n) is 3.09. The molecule has 1 heterocycles. The fourth-order valence-corrected chi connectivity index (χ4v) is 4.63. The van der Waals surface area contributed by atoms with Crippen molar-refractivity contribution in [1.29, 1.82) is 0 Å². The Kier molecular flexibility index (Phi) is 5.98. The Hall–Kier alpha value is 0.420. The summed E-state index contributed by atoms with van der Waals surface area (Å²) in [4.78, 5) is 0. The number of hydrogen-bond donors (Lipinski definition) is 1. The molecule has 1 aliphatic heterocycles. The lowest BCUT2D eigenvalue weighted by Crippen LogP contribution is -2.35. The van der Waals surface area contributed by atoms with Crippen LogP contribution < -0.4 is 10.1 Å². The van der Waals surface area contributed by atoms with Crippen molar-refractivity contribution < 1.29 is 4.74 Å². The van der Waals surface area contributed by atoms with Crippen LogP contribution in [-0.2, 0) is 0 Å². The molecule has 2 nitrogen and oxygen atoms in total. The van der Waals surface area contributed by atoms with E-state index >= 15 is 0 Å². The van der Waals surface area contributed by atoms with Crippen molar-refractivity contribution in [2.75, 3.05) is 13.2 Å². The topological polar surface area (TPSA) is 21.3 Å². The molecule has 1 atom stereocenters. The Bertz CT molecular complexity index is 382. The summed E-state index contributed by atoms with van der Waals surface area (Å²) in [6.45, 7) is 1.90. The average Bonchev–Trinajstić information content (AvgIpc) is 2.34. The van der Waals surface area contributed by atoms with Gasteiger partial charge in [0.05, 0.1) is 15.6 Å². The first-order valence-electron chi connectivity index (χ1n) is 6.17. The van der Waals surface area contributed by atoms with Crippen LogP contribution in [0.4, 0.5) is 0 Å². The van der Waals surface area contributed by atoms with Crippen molar-refractivity contribution in [3.8, 4) is 5.75 Å². The molecule has 1 N–H and O–H groups in total. The maximum atomic E-state index is 5.87. The normalized spacial score (nSPS) is 19.8. The van der Waals surface area contributed by atoms with Gasteiger partial charge in [-0.3, -0.25) is 0 Å². The molecule has 1 saturated heterocycles. The molecule has 2 rings (SSSR count). The predicted molar refractivity (Wildman–Crippen MR) is 85.3 cm³/mol. The second kappa shape index (κ2) is 7.27. The fourth-order valence-electron chi connectivity index (χ4n) is 2.14. The number of hydrogen-bond acceptors (Lipinski definition) is 2. The lowest BCUT2D eigenvalue weighted by molar-refractivity contribution is 0.266. The molecule has 0 radical (unpaired) electrons. The number of ether oxygens (including phenoxy) is 1. The van der Waals surface area contributed by atoms with Crippen molar-refractivity contribution in [2.45, 2.75) is 31.7 Å². The molecule has 0 aliphatic carbocycles. The molecule has 1 fully saturated rings. The molecule has 1 unspecified atom stereocenters. The van der Waals surface area contributed by atoms with Crippen LogP contribution in [0.25, 0.3) is 0 Å². The maximum Gasteiger partial charge on any atom is 0.147 e. The number of nitrogens with one attached hydrogen (secondary N) is 1. The summed E-state index contributed by atoms with van der Waals surface area (Å²) >= 11 is 10.5. The highest BCUT2D eigenvalue weighted by molar-refractivity contribution is 9.11. The van der Waals surface area contributed by atoms with Crippen LogP contribution in [0.5, 0.6) is 5.75 Å². The number of piperidine rings is 1. The molecule has 18 heavy (non-hydrogen) atoms. The van der Waals surface area contributed by atoms with Gasteiger partial charge in [-0.25, -0.2) is 0 Å². The third-order valence-corrected chi connectivity index (χ3v) is 4.72. The Morgan fingerprint density at radius 3 is 2.50 bits per heavy atom. The van der Waals surface area contributed by atoms with Crippen LogP contribution in [-0.4, -0.2) is 19.2 Å². The monoisotopic (exact) mass is 439 g/mol. The van der Waals surface area contributed by atoms with Crippen molar-refractivity contribution >= 4 is 47.8 Å². The van der Waals surface area contributed by atoms with Crippen molar-refractivity contribution in [3.05, 3.63) is 25.6 Å². The van der Waals surface area contributed by atoms with Crippen molar-refractivity contribution in [1.82, 2.24) is 5.32 Å². The predicted octanol–water partition coefficient (Wildman–Crippen LogP) is 4.89. The largest absolute Gasteiger partial charge is 0.491 e. The Labute approximate surface area is 133 Å². The van der Waals surface area contributed by atoms with E-state index in [0.717, 1.165) is 38.7 Å². The highest BCUT2D eigenvalue weighted by Crippen LogP contribution is 2.36. The Morgan fingerprint density at radius 1 is 1.17 bits per heavy atom. The first-order chi connectivity index (χ1) is 8.66. The zero-order chi connectivity index (χ0) is 13.0. The van der Waals surface area contributed by atoms with E-state index in [2.05, 4.69) is 53.1 Å². The van der Waals surface area contributed by atoms with Crippen molar-refractivity contribution in [2.24, 2.45) is 0 Å². The molecule has 5 heteroatoms. The van der Waals surface area contributed by atoms with Gasteiger partial charge in [0.1, 0.15) is 5.75 Å².